The first-order valence-corrected chi connectivity index (χ1v) is 7.17. The van der Waals surface area contributed by atoms with Crippen molar-refractivity contribution >= 4 is 5.82 Å². The third-order valence-electron chi connectivity index (χ3n) is 3.68. The Hall–Kier alpha value is -1.98. The number of nitrogens with one attached hydrogen (secondary N) is 1. The highest BCUT2D eigenvalue weighted by molar-refractivity contribution is 5.38. The van der Waals surface area contributed by atoms with Crippen molar-refractivity contribution in [2.75, 3.05) is 18.5 Å². The van der Waals surface area contributed by atoms with Crippen LogP contribution in [0.25, 0.3) is 0 Å². The second-order valence-corrected chi connectivity index (χ2v) is 5.92. The van der Waals surface area contributed by atoms with Crippen LogP contribution in [0.1, 0.15) is 31.1 Å². The van der Waals surface area contributed by atoms with Gasteiger partial charge in [-0.05, 0) is 23.8 Å². The molecule has 1 aromatic carbocycles. The van der Waals surface area contributed by atoms with Gasteiger partial charge in [-0.15, -0.1) is 0 Å². The van der Waals surface area contributed by atoms with Crippen molar-refractivity contribution in [1.29, 1.82) is 0 Å². The second kappa shape index (κ2) is 6.85. The van der Waals surface area contributed by atoms with Crippen LogP contribution < -0.4 is 5.32 Å². The number of rotatable bonds is 6. The third kappa shape index (κ3) is 4.02. The zero-order chi connectivity index (χ0) is 16.2. The first kappa shape index (κ1) is 16.4. The molecular formula is C17H21FN2O2. The van der Waals surface area contributed by atoms with Crippen LogP contribution in [-0.2, 0) is 5.41 Å². The number of hydrogen-bond acceptors (Lipinski definition) is 4. The fourth-order valence-electron chi connectivity index (χ4n) is 2.13. The van der Waals surface area contributed by atoms with Crippen molar-refractivity contribution in [3.8, 4) is 0 Å². The van der Waals surface area contributed by atoms with Crippen LogP contribution >= 0.6 is 0 Å². The fraction of sp³-hybridized carbons (Fsp3) is 0.353. The van der Waals surface area contributed by atoms with E-state index in [0.29, 0.717) is 17.9 Å². The molecule has 0 aliphatic heterocycles. The molecule has 1 heterocycles. The van der Waals surface area contributed by atoms with E-state index >= 15 is 0 Å². The van der Waals surface area contributed by atoms with Gasteiger partial charge < -0.3 is 15.5 Å². The Labute approximate surface area is 129 Å². The highest BCUT2D eigenvalue weighted by atomic mass is 19.1. The molecule has 0 aliphatic carbocycles. The topological polar surface area (TPSA) is 65.4 Å². The maximum Gasteiger partial charge on any atom is 0.125 e. The van der Waals surface area contributed by atoms with Gasteiger partial charge in [-0.1, -0.05) is 32.0 Å². The Bertz CT molecular complexity index is 597. The Morgan fingerprint density at radius 1 is 1.18 bits per heavy atom. The first-order chi connectivity index (χ1) is 10.4. The number of hydrogen-bond donors (Lipinski definition) is 3. The molecule has 1 atom stereocenters. The summed E-state index contributed by atoms with van der Waals surface area (Å²) in [6, 6.07) is 9.97. The van der Waals surface area contributed by atoms with Gasteiger partial charge in [0.1, 0.15) is 17.7 Å². The lowest BCUT2D eigenvalue weighted by atomic mass is 9.84. The lowest BCUT2D eigenvalue weighted by Crippen LogP contribution is -2.27. The number of pyridine rings is 1. The molecule has 1 unspecified atom stereocenters. The van der Waals surface area contributed by atoms with E-state index in [1.54, 1.807) is 24.3 Å². The highest BCUT2D eigenvalue weighted by Gasteiger charge is 2.20. The number of aliphatic hydroxyl groups excluding tert-OH is 2. The van der Waals surface area contributed by atoms with Gasteiger partial charge in [0, 0.05) is 23.7 Å². The van der Waals surface area contributed by atoms with E-state index in [1.165, 1.54) is 18.3 Å². The molecule has 4 nitrogen and oxygen atoms in total. The summed E-state index contributed by atoms with van der Waals surface area (Å²) in [6.45, 7) is 4.44. The van der Waals surface area contributed by atoms with E-state index in [2.05, 4.69) is 24.1 Å². The van der Waals surface area contributed by atoms with E-state index in [-0.39, 0.29) is 17.8 Å². The van der Waals surface area contributed by atoms with Gasteiger partial charge >= 0.3 is 0 Å². The molecule has 5 heteroatoms. The zero-order valence-corrected chi connectivity index (χ0v) is 12.8. The number of benzene rings is 1. The van der Waals surface area contributed by atoms with Gasteiger partial charge in [0.05, 0.1) is 6.61 Å². The largest absolute Gasteiger partial charge is 0.393 e. The van der Waals surface area contributed by atoms with Crippen molar-refractivity contribution in [2.45, 2.75) is 25.4 Å². The Balaban J connectivity index is 2.00. The molecular weight excluding hydrogens is 283 g/mol. The molecule has 3 N–H and O–H groups in total. The quantitative estimate of drug-likeness (QED) is 0.767. The van der Waals surface area contributed by atoms with Gasteiger partial charge in [-0.3, -0.25) is 0 Å². The SMILES string of the molecule is CC(C)(CNc1ccc(C(O)CO)cn1)c1ccc(F)cc1. The summed E-state index contributed by atoms with van der Waals surface area (Å²) in [6.07, 6.45) is 0.630. The van der Waals surface area contributed by atoms with Crippen molar-refractivity contribution < 1.29 is 14.6 Å². The van der Waals surface area contributed by atoms with Crippen LogP contribution in [0.15, 0.2) is 42.6 Å². The minimum atomic E-state index is -0.905. The molecule has 0 spiro atoms. The van der Waals surface area contributed by atoms with Crippen molar-refractivity contribution in [3.63, 3.8) is 0 Å². The van der Waals surface area contributed by atoms with E-state index < -0.39 is 6.10 Å². The summed E-state index contributed by atoms with van der Waals surface area (Å²) in [7, 11) is 0. The lowest BCUT2D eigenvalue weighted by molar-refractivity contribution is 0.0953. The zero-order valence-electron chi connectivity index (χ0n) is 12.8. The van der Waals surface area contributed by atoms with Crippen molar-refractivity contribution in [1.82, 2.24) is 4.98 Å². The molecule has 1 aromatic heterocycles. The van der Waals surface area contributed by atoms with Gasteiger partial charge in [-0.2, -0.15) is 0 Å². The predicted octanol–water partition coefficient (Wildman–Crippen LogP) is 2.64. The van der Waals surface area contributed by atoms with Crippen molar-refractivity contribution in [3.05, 3.63) is 59.5 Å². The lowest BCUT2D eigenvalue weighted by Gasteiger charge is -2.26. The Morgan fingerprint density at radius 2 is 1.86 bits per heavy atom. The monoisotopic (exact) mass is 304 g/mol. The Kier molecular flexibility index (Phi) is 5.11. The van der Waals surface area contributed by atoms with Gasteiger partial charge in [-0.25, -0.2) is 9.37 Å². The highest BCUT2D eigenvalue weighted by Crippen LogP contribution is 2.24. The number of nitrogens with zero attached hydrogens (tertiary/aromatic N) is 1. The molecule has 0 fully saturated rings. The van der Waals surface area contributed by atoms with Crippen LogP contribution in [0.5, 0.6) is 0 Å². The number of aliphatic hydroxyl groups is 2. The maximum absolute atomic E-state index is 13.0. The minimum Gasteiger partial charge on any atom is -0.393 e. The van der Waals surface area contributed by atoms with Gasteiger partial charge in [0.2, 0.25) is 0 Å². The molecule has 0 bridgehead atoms. The van der Waals surface area contributed by atoms with E-state index in [1.807, 2.05) is 0 Å². The summed E-state index contributed by atoms with van der Waals surface area (Å²) < 4.78 is 13.0. The summed E-state index contributed by atoms with van der Waals surface area (Å²) in [5, 5.41) is 21.6. The molecule has 118 valence electrons. The van der Waals surface area contributed by atoms with E-state index in [9.17, 15) is 9.50 Å². The van der Waals surface area contributed by atoms with E-state index in [4.69, 9.17) is 5.11 Å². The standard InChI is InChI=1S/C17H21FN2O2/c1-17(2,13-4-6-14(18)7-5-13)11-20-16-8-3-12(9-19-16)15(22)10-21/h3-9,15,21-22H,10-11H2,1-2H3,(H,19,20). The normalized spacial score (nSPS) is 13.0. The molecule has 0 saturated carbocycles. The summed E-state index contributed by atoms with van der Waals surface area (Å²) >= 11 is 0. The van der Waals surface area contributed by atoms with Crippen molar-refractivity contribution in [2.24, 2.45) is 0 Å². The predicted molar refractivity (Wildman–Crippen MR) is 84.2 cm³/mol. The smallest absolute Gasteiger partial charge is 0.125 e. The summed E-state index contributed by atoms with van der Waals surface area (Å²) in [4.78, 5) is 4.22. The van der Waals surface area contributed by atoms with E-state index in [0.717, 1.165) is 5.56 Å². The summed E-state index contributed by atoms with van der Waals surface area (Å²) in [5.74, 6) is 0.441. The average Bonchev–Trinajstić information content (AvgIpc) is 2.53. The molecule has 0 amide bonds. The third-order valence-corrected chi connectivity index (χ3v) is 3.68. The molecule has 0 radical (unpaired) electrons. The van der Waals surface area contributed by atoms with Crippen LogP contribution in [-0.4, -0.2) is 28.3 Å². The molecule has 22 heavy (non-hydrogen) atoms. The number of halogens is 1. The Morgan fingerprint density at radius 3 is 2.41 bits per heavy atom. The summed E-state index contributed by atoms with van der Waals surface area (Å²) in [5.41, 5.74) is 1.43. The molecule has 0 aliphatic rings. The second-order valence-electron chi connectivity index (χ2n) is 5.92. The van der Waals surface area contributed by atoms with Crippen LogP contribution in [0.3, 0.4) is 0 Å². The minimum absolute atomic E-state index is 0.182. The van der Waals surface area contributed by atoms with Crippen LogP contribution in [0.4, 0.5) is 10.2 Å². The molecule has 2 rings (SSSR count). The number of anilines is 1. The number of aromatic nitrogens is 1. The molecule has 0 saturated heterocycles. The first-order valence-electron chi connectivity index (χ1n) is 7.17. The maximum atomic E-state index is 13.0. The van der Waals surface area contributed by atoms with Gasteiger partial charge in [0.25, 0.3) is 0 Å². The fourth-order valence-corrected chi connectivity index (χ4v) is 2.13. The molecule has 2 aromatic rings. The van der Waals surface area contributed by atoms with Crippen LogP contribution in [0, 0.1) is 5.82 Å². The van der Waals surface area contributed by atoms with Crippen LogP contribution in [0.2, 0.25) is 0 Å². The average molecular weight is 304 g/mol. The van der Waals surface area contributed by atoms with Gasteiger partial charge in [0.15, 0.2) is 0 Å².